The maximum Gasteiger partial charge on any atom is 0.151 e. The van der Waals surface area contributed by atoms with E-state index in [0.29, 0.717) is 12.1 Å². The Labute approximate surface area is 136 Å². The summed E-state index contributed by atoms with van der Waals surface area (Å²) in [5.74, 6) is 0.669. The second-order valence-corrected chi connectivity index (χ2v) is 6.04. The first-order valence-electron chi connectivity index (χ1n) is 8.00. The van der Waals surface area contributed by atoms with Crippen molar-refractivity contribution in [2.75, 3.05) is 23.3 Å². The van der Waals surface area contributed by atoms with E-state index < -0.39 is 0 Å². The second-order valence-electron chi connectivity index (χ2n) is 6.04. The van der Waals surface area contributed by atoms with Crippen molar-refractivity contribution in [1.82, 2.24) is 4.98 Å². The first-order valence-corrected chi connectivity index (χ1v) is 8.00. The van der Waals surface area contributed by atoms with Gasteiger partial charge in [-0.05, 0) is 38.0 Å². The number of hydrogen-bond acceptors (Lipinski definition) is 4. The predicted molar refractivity (Wildman–Crippen MR) is 90.2 cm³/mol. The summed E-state index contributed by atoms with van der Waals surface area (Å²) in [5, 5.41) is 12.9. The summed E-state index contributed by atoms with van der Waals surface area (Å²) in [6.45, 7) is 3.94. The Morgan fingerprint density at radius 2 is 2.09 bits per heavy atom. The molecule has 1 fully saturated rings. The number of anilines is 2. The van der Waals surface area contributed by atoms with Gasteiger partial charge < -0.3 is 15.3 Å². The summed E-state index contributed by atoms with van der Waals surface area (Å²) < 4.78 is 13.9. The van der Waals surface area contributed by atoms with Crippen molar-refractivity contribution in [3.63, 3.8) is 0 Å². The molecule has 1 aliphatic rings. The second kappa shape index (κ2) is 6.96. The lowest BCUT2D eigenvalue weighted by atomic mass is 10.1. The number of rotatable bonds is 4. The highest BCUT2D eigenvalue weighted by atomic mass is 19.1. The summed E-state index contributed by atoms with van der Waals surface area (Å²) in [7, 11) is 0. The van der Waals surface area contributed by atoms with Crippen molar-refractivity contribution in [2.24, 2.45) is 0 Å². The van der Waals surface area contributed by atoms with Crippen LogP contribution in [0.3, 0.4) is 0 Å². The van der Waals surface area contributed by atoms with E-state index in [1.54, 1.807) is 12.3 Å². The Kier molecular flexibility index (Phi) is 4.76. The highest BCUT2D eigenvalue weighted by molar-refractivity contribution is 5.65. The zero-order valence-corrected chi connectivity index (χ0v) is 13.3. The first-order chi connectivity index (χ1) is 11.1. The SMILES string of the molecule is Cc1ccc(F)c(CNc2cccnc2N2CCC(O)CC2)c1. The number of pyridine rings is 1. The van der Waals surface area contributed by atoms with Crippen LogP contribution >= 0.6 is 0 Å². The minimum Gasteiger partial charge on any atom is -0.393 e. The van der Waals surface area contributed by atoms with Gasteiger partial charge in [-0.3, -0.25) is 0 Å². The quantitative estimate of drug-likeness (QED) is 0.910. The number of piperidine rings is 1. The molecule has 2 N–H and O–H groups in total. The number of hydrogen-bond donors (Lipinski definition) is 2. The largest absolute Gasteiger partial charge is 0.393 e. The molecule has 0 amide bonds. The third-order valence-electron chi connectivity index (χ3n) is 4.22. The van der Waals surface area contributed by atoms with Crippen molar-refractivity contribution in [2.45, 2.75) is 32.4 Å². The highest BCUT2D eigenvalue weighted by Gasteiger charge is 2.20. The van der Waals surface area contributed by atoms with Crippen LogP contribution in [0.4, 0.5) is 15.9 Å². The third-order valence-corrected chi connectivity index (χ3v) is 4.22. The van der Waals surface area contributed by atoms with Crippen LogP contribution < -0.4 is 10.2 Å². The van der Waals surface area contributed by atoms with E-state index in [4.69, 9.17) is 0 Å². The number of nitrogens with one attached hydrogen (secondary N) is 1. The fraction of sp³-hybridized carbons (Fsp3) is 0.389. The van der Waals surface area contributed by atoms with Gasteiger partial charge in [0.2, 0.25) is 0 Å². The maximum atomic E-state index is 13.9. The van der Waals surface area contributed by atoms with Gasteiger partial charge in [-0.15, -0.1) is 0 Å². The van der Waals surface area contributed by atoms with Crippen LogP contribution in [-0.4, -0.2) is 29.3 Å². The Balaban J connectivity index is 1.74. The Morgan fingerprint density at radius 1 is 1.30 bits per heavy atom. The van der Waals surface area contributed by atoms with E-state index in [2.05, 4.69) is 15.2 Å². The van der Waals surface area contributed by atoms with Crippen LogP contribution in [0.2, 0.25) is 0 Å². The molecule has 0 unspecified atom stereocenters. The topological polar surface area (TPSA) is 48.4 Å². The van der Waals surface area contributed by atoms with Gasteiger partial charge in [0, 0.05) is 31.4 Å². The Morgan fingerprint density at radius 3 is 2.87 bits per heavy atom. The molecule has 1 aromatic heterocycles. The minimum atomic E-state index is -0.215. The number of aryl methyl sites for hydroxylation is 1. The molecule has 2 aromatic rings. The number of aromatic nitrogens is 1. The van der Waals surface area contributed by atoms with Gasteiger partial charge in [0.15, 0.2) is 5.82 Å². The van der Waals surface area contributed by atoms with Crippen molar-refractivity contribution in [3.05, 3.63) is 53.5 Å². The van der Waals surface area contributed by atoms with E-state index in [-0.39, 0.29) is 11.9 Å². The van der Waals surface area contributed by atoms with E-state index in [9.17, 15) is 9.50 Å². The smallest absolute Gasteiger partial charge is 0.151 e. The molecule has 23 heavy (non-hydrogen) atoms. The molecule has 0 aliphatic carbocycles. The van der Waals surface area contributed by atoms with Gasteiger partial charge in [-0.2, -0.15) is 0 Å². The normalized spacial score (nSPS) is 15.7. The molecule has 0 radical (unpaired) electrons. The fourth-order valence-corrected chi connectivity index (χ4v) is 2.89. The van der Waals surface area contributed by atoms with Crippen LogP contribution in [0.25, 0.3) is 0 Å². The fourth-order valence-electron chi connectivity index (χ4n) is 2.89. The average molecular weight is 315 g/mol. The number of aliphatic hydroxyl groups excluding tert-OH is 1. The molecule has 2 heterocycles. The van der Waals surface area contributed by atoms with E-state index >= 15 is 0 Å². The van der Waals surface area contributed by atoms with Gasteiger partial charge in [-0.1, -0.05) is 17.7 Å². The lowest BCUT2D eigenvalue weighted by molar-refractivity contribution is 0.145. The molecule has 1 aliphatic heterocycles. The lowest BCUT2D eigenvalue weighted by Crippen LogP contribution is -2.36. The molecule has 122 valence electrons. The Bertz CT molecular complexity index is 669. The van der Waals surface area contributed by atoms with E-state index in [1.807, 2.05) is 25.1 Å². The predicted octanol–water partition coefficient (Wildman–Crippen LogP) is 3.10. The van der Waals surface area contributed by atoms with Crippen LogP contribution in [0.15, 0.2) is 36.5 Å². The van der Waals surface area contributed by atoms with Gasteiger partial charge in [0.1, 0.15) is 5.82 Å². The third kappa shape index (κ3) is 3.79. The molecule has 5 heteroatoms. The lowest BCUT2D eigenvalue weighted by Gasteiger charge is -2.31. The number of halogens is 1. The summed E-state index contributed by atoms with van der Waals surface area (Å²) >= 11 is 0. The van der Waals surface area contributed by atoms with Crippen LogP contribution in [-0.2, 0) is 6.54 Å². The summed E-state index contributed by atoms with van der Waals surface area (Å²) in [6.07, 6.45) is 3.05. The molecule has 0 saturated carbocycles. The number of benzene rings is 1. The first kappa shape index (κ1) is 15.7. The summed E-state index contributed by atoms with van der Waals surface area (Å²) in [5.41, 5.74) is 2.58. The van der Waals surface area contributed by atoms with Gasteiger partial charge in [0.25, 0.3) is 0 Å². The van der Waals surface area contributed by atoms with Crippen LogP contribution in [0.1, 0.15) is 24.0 Å². The van der Waals surface area contributed by atoms with Gasteiger partial charge in [-0.25, -0.2) is 9.37 Å². The van der Waals surface area contributed by atoms with Gasteiger partial charge in [0.05, 0.1) is 11.8 Å². The molecule has 4 nitrogen and oxygen atoms in total. The molecule has 0 bridgehead atoms. The highest BCUT2D eigenvalue weighted by Crippen LogP contribution is 2.26. The van der Waals surface area contributed by atoms with Gasteiger partial charge >= 0.3 is 0 Å². The molecule has 3 rings (SSSR count). The van der Waals surface area contributed by atoms with Crippen molar-refractivity contribution in [1.29, 1.82) is 0 Å². The minimum absolute atomic E-state index is 0.199. The van der Waals surface area contributed by atoms with Crippen molar-refractivity contribution in [3.8, 4) is 0 Å². The van der Waals surface area contributed by atoms with E-state index in [0.717, 1.165) is 43.0 Å². The van der Waals surface area contributed by atoms with Crippen LogP contribution in [0, 0.1) is 12.7 Å². The van der Waals surface area contributed by atoms with Crippen molar-refractivity contribution >= 4 is 11.5 Å². The molecule has 1 aromatic carbocycles. The molecule has 1 saturated heterocycles. The number of nitrogens with zero attached hydrogens (tertiary/aromatic N) is 2. The molecular weight excluding hydrogens is 293 g/mol. The zero-order chi connectivity index (χ0) is 16.2. The zero-order valence-electron chi connectivity index (χ0n) is 13.3. The maximum absolute atomic E-state index is 13.9. The molecule has 0 atom stereocenters. The summed E-state index contributed by atoms with van der Waals surface area (Å²) in [6, 6.07) is 8.96. The average Bonchev–Trinajstić information content (AvgIpc) is 2.57. The summed E-state index contributed by atoms with van der Waals surface area (Å²) in [4.78, 5) is 6.64. The monoisotopic (exact) mass is 315 g/mol. The Hall–Kier alpha value is -2.14. The standard InChI is InChI=1S/C18H22FN3O/c1-13-4-5-16(19)14(11-13)12-21-17-3-2-8-20-18(17)22-9-6-15(23)7-10-22/h2-5,8,11,15,21,23H,6-7,9-10,12H2,1H3. The van der Waals surface area contributed by atoms with Crippen LogP contribution in [0.5, 0.6) is 0 Å². The van der Waals surface area contributed by atoms with Crippen molar-refractivity contribution < 1.29 is 9.50 Å². The molecular formula is C18H22FN3O. The number of aliphatic hydroxyl groups is 1. The molecule has 0 spiro atoms. The van der Waals surface area contributed by atoms with E-state index in [1.165, 1.54) is 6.07 Å².